The summed E-state index contributed by atoms with van der Waals surface area (Å²) in [5.41, 5.74) is 1.59. The number of ether oxygens (including phenoxy) is 3. The van der Waals surface area contributed by atoms with Gasteiger partial charge in [0.25, 0.3) is 0 Å². The Hall–Kier alpha value is -1.32. The first-order valence-electron chi connectivity index (χ1n) is 13.3. The van der Waals surface area contributed by atoms with E-state index in [2.05, 4.69) is 60.1 Å². The van der Waals surface area contributed by atoms with Crippen molar-refractivity contribution < 1.29 is 19.0 Å². The molecule has 3 aliphatic rings. The number of nitrogens with one attached hydrogen (secondary N) is 2. The molecule has 1 aliphatic heterocycles. The molecule has 4 atom stereocenters. The van der Waals surface area contributed by atoms with Crippen molar-refractivity contribution in [1.29, 1.82) is 0 Å². The molecule has 196 valence electrons. The Morgan fingerprint density at radius 2 is 2.00 bits per heavy atom. The zero-order valence-electron chi connectivity index (χ0n) is 21.8. The standard InChI is InChI=1S/C27H43N3O4S/c1-5-32-25-22-11-12-24(23(22)18-33-25)34-26(31)29-15-6-16-30(17-19(2)3)35-21-9-7-20(8-10-21)27(28-4)13-14-27/h7-10,19,22-25,28H,5-6,11-18H2,1-4H3,(H,29,31). The Morgan fingerprint density at radius 1 is 1.23 bits per heavy atom. The molecule has 3 fully saturated rings. The first-order chi connectivity index (χ1) is 16.9. The molecule has 1 amide bonds. The van der Waals surface area contributed by atoms with Gasteiger partial charge in [0.15, 0.2) is 6.29 Å². The van der Waals surface area contributed by atoms with Crippen LogP contribution in [0.1, 0.15) is 58.4 Å². The predicted molar refractivity (Wildman–Crippen MR) is 139 cm³/mol. The third-order valence-corrected chi connectivity index (χ3v) is 8.57. The lowest BCUT2D eigenvalue weighted by atomic mass is 9.98. The zero-order chi connectivity index (χ0) is 24.8. The van der Waals surface area contributed by atoms with Gasteiger partial charge in [0, 0.05) is 48.5 Å². The lowest BCUT2D eigenvalue weighted by molar-refractivity contribution is -0.128. The molecule has 0 aromatic heterocycles. The Bertz CT molecular complexity index is 817. The number of hydrogen-bond acceptors (Lipinski definition) is 7. The highest BCUT2D eigenvalue weighted by atomic mass is 32.2. The fourth-order valence-electron chi connectivity index (χ4n) is 5.44. The molecular formula is C27H43N3O4S. The molecule has 35 heavy (non-hydrogen) atoms. The fourth-order valence-corrected chi connectivity index (χ4v) is 6.59. The molecule has 1 saturated heterocycles. The van der Waals surface area contributed by atoms with E-state index in [1.807, 2.05) is 18.9 Å². The van der Waals surface area contributed by atoms with Gasteiger partial charge >= 0.3 is 6.09 Å². The number of alkyl carbamates (subject to hydrolysis) is 1. The Balaban J connectivity index is 1.18. The fraction of sp³-hybridized carbons (Fsp3) is 0.741. The third-order valence-electron chi connectivity index (χ3n) is 7.50. The molecule has 1 heterocycles. The normalized spacial score (nSPS) is 26.8. The maximum atomic E-state index is 12.4. The summed E-state index contributed by atoms with van der Waals surface area (Å²) in [4.78, 5) is 13.7. The topological polar surface area (TPSA) is 72.1 Å². The second-order valence-electron chi connectivity index (χ2n) is 10.5. The van der Waals surface area contributed by atoms with Crippen molar-refractivity contribution in [3.8, 4) is 0 Å². The van der Waals surface area contributed by atoms with Gasteiger partial charge in [0.05, 0.1) is 6.61 Å². The zero-order valence-corrected chi connectivity index (χ0v) is 22.6. The minimum absolute atomic E-state index is 0.0703. The lowest BCUT2D eigenvalue weighted by Gasteiger charge is -2.24. The third kappa shape index (κ3) is 6.92. The number of carbonyl (C=O) groups excluding carboxylic acids is 1. The van der Waals surface area contributed by atoms with Gasteiger partial charge in [-0.1, -0.05) is 26.0 Å². The molecule has 2 saturated carbocycles. The van der Waals surface area contributed by atoms with E-state index in [0.717, 1.165) is 32.4 Å². The van der Waals surface area contributed by atoms with E-state index in [1.54, 1.807) is 0 Å². The molecule has 7 nitrogen and oxygen atoms in total. The summed E-state index contributed by atoms with van der Waals surface area (Å²) in [5, 5.41) is 6.42. The van der Waals surface area contributed by atoms with Crippen molar-refractivity contribution in [2.75, 3.05) is 39.9 Å². The maximum absolute atomic E-state index is 12.4. The molecule has 0 spiro atoms. The van der Waals surface area contributed by atoms with Gasteiger partial charge in [0.2, 0.25) is 0 Å². The average Bonchev–Trinajstić information content (AvgIpc) is 3.39. The number of amides is 1. The van der Waals surface area contributed by atoms with Crippen molar-refractivity contribution in [2.24, 2.45) is 17.8 Å². The minimum Gasteiger partial charge on any atom is -0.446 e. The van der Waals surface area contributed by atoms with Gasteiger partial charge in [-0.2, -0.15) is 0 Å². The molecule has 4 unspecified atom stereocenters. The largest absolute Gasteiger partial charge is 0.446 e. The van der Waals surface area contributed by atoms with Crippen molar-refractivity contribution >= 4 is 18.0 Å². The van der Waals surface area contributed by atoms with Crippen LogP contribution in [0.4, 0.5) is 4.79 Å². The quantitative estimate of drug-likeness (QED) is 0.296. The van der Waals surface area contributed by atoms with E-state index in [1.165, 1.54) is 23.3 Å². The number of benzene rings is 1. The molecule has 2 N–H and O–H groups in total. The van der Waals surface area contributed by atoms with E-state index >= 15 is 0 Å². The van der Waals surface area contributed by atoms with Crippen LogP contribution in [0, 0.1) is 17.8 Å². The van der Waals surface area contributed by atoms with Gasteiger partial charge in [-0.15, -0.1) is 0 Å². The van der Waals surface area contributed by atoms with Crippen molar-refractivity contribution in [1.82, 2.24) is 14.9 Å². The van der Waals surface area contributed by atoms with E-state index in [4.69, 9.17) is 14.2 Å². The molecule has 8 heteroatoms. The predicted octanol–water partition coefficient (Wildman–Crippen LogP) is 4.76. The van der Waals surface area contributed by atoms with Crippen LogP contribution in [0.25, 0.3) is 0 Å². The SMILES string of the molecule is CCOC1OCC2C(OC(=O)NCCCN(CC(C)C)Sc3ccc(C4(NC)CC4)cc3)CCC12. The van der Waals surface area contributed by atoms with Gasteiger partial charge in [-0.25, -0.2) is 9.10 Å². The first-order valence-corrected chi connectivity index (χ1v) is 14.1. The highest BCUT2D eigenvalue weighted by Gasteiger charge is 2.48. The molecule has 4 rings (SSSR count). The maximum Gasteiger partial charge on any atom is 0.407 e. The Kier molecular flexibility index (Phi) is 9.38. The van der Waals surface area contributed by atoms with Gasteiger partial charge in [-0.05, 0) is 81.6 Å². The van der Waals surface area contributed by atoms with E-state index in [9.17, 15) is 4.79 Å². The first kappa shape index (κ1) is 26.7. The van der Waals surface area contributed by atoms with Crippen LogP contribution in [0.2, 0.25) is 0 Å². The summed E-state index contributed by atoms with van der Waals surface area (Å²) in [6.45, 7) is 10.3. The van der Waals surface area contributed by atoms with Crippen LogP contribution < -0.4 is 10.6 Å². The van der Waals surface area contributed by atoms with Crippen molar-refractivity contribution in [3.63, 3.8) is 0 Å². The second-order valence-corrected chi connectivity index (χ2v) is 11.7. The minimum atomic E-state index is -0.312. The van der Waals surface area contributed by atoms with Crippen LogP contribution in [0.3, 0.4) is 0 Å². The number of nitrogens with zero attached hydrogens (tertiary/aromatic N) is 1. The molecule has 0 radical (unpaired) electrons. The van der Waals surface area contributed by atoms with E-state index in [0.29, 0.717) is 31.6 Å². The summed E-state index contributed by atoms with van der Waals surface area (Å²) in [7, 11) is 2.05. The number of hydrogen-bond donors (Lipinski definition) is 2. The van der Waals surface area contributed by atoms with Gasteiger partial charge in [-0.3, -0.25) is 0 Å². The van der Waals surface area contributed by atoms with Crippen LogP contribution in [0.5, 0.6) is 0 Å². The molecule has 2 aliphatic carbocycles. The van der Waals surface area contributed by atoms with Crippen LogP contribution >= 0.6 is 11.9 Å². The smallest absolute Gasteiger partial charge is 0.407 e. The van der Waals surface area contributed by atoms with Gasteiger partial charge in [0.1, 0.15) is 6.10 Å². The molecule has 1 aromatic rings. The summed E-state index contributed by atoms with van der Waals surface area (Å²) >= 11 is 1.81. The van der Waals surface area contributed by atoms with Crippen LogP contribution in [0.15, 0.2) is 29.2 Å². The van der Waals surface area contributed by atoms with Crippen LogP contribution in [-0.2, 0) is 19.7 Å². The average molecular weight is 506 g/mol. The van der Waals surface area contributed by atoms with E-state index < -0.39 is 0 Å². The van der Waals surface area contributed by atoms with Gasteiger partial charge < -0.3 is 24.8 Å². The summed E-state index contributed by atoms with van der Waals surface area (Å²) < 4.78 is 19.6. The summed E-state index contributed by atoms with van der Waals surface area (Å²) in [6, 6.07) is 8.99. The molecule has 0 bridgehead atoms. The summed E-state index contributed by atoms with van der Waals surface area (Å²) in [5.74, 6) is 1.17. The highest BCUT2D eigenvalue weighted by molar-refractivity contribution is 7.97. The monoisotopic (exact) mass is 505 g/mol. The van der Waals surface area contributed by atoms with Crippen molar-refractivity contribution in [3.05, 3.63) is 29.8 Å². The lowest BCUT2D eigenvalue weighted by Crippen LogP contribution is -2.34. The van der Waals surface area contributed by atoms with Crippen LogP contribution in [-0.4, -0.2) is 62.7 Å². The Morgan fingerprint density at radius 3 is 2.66 bits per heavy atom. The number of rotatable bonds is 13. The molecule has 1 aromatic carbocycles. The second kappa shape index (κ2) is 12.3. The van der Waals surface area contributed by atoms with E-state index in [-0.39, 0.29) is 29.9 Å². The number of carbonyl (C=O) groups is 1. The summed E-state index contributed by atoms with van der Waals surface area (Å²) in [6.07, 6.45) is 4.67. The number of fused-ring (bicyclic) bond motifs is 1. The molecular weight excluding hydrogens is 462 g/mol. The highest BCUT2D eigenvalue weighted by Crippen LogP contribution is 2.45. The Labute approximate surface area is 215 Å². The van der Waals surface area contributed by atoms with Crippen molar-refractivity contribution in [2.45, 2.75) is 75.7 Å².